The summed E-state index contributed by atoms with van der Waals surface area (Å²) in [7, 11) is 0. The molecule has 1 amide bonds. The number of aryl methyl sites for hydroxylation is 1. The van der Waals surface area contributed by atoms with Crippen LogP contribution in [-0.4, -0.2) is 16.8 Å². The van der Waals surface area contributed by atoms with Crippen molar-refractivity contribution >= 4 is 5.91 Å². The van der Waals surface area contributed by atoms with E-state index in [4.69, 9.17) is 4.42 Å². The van der Waals surface area contributed by atoms with Crippen molar-refractivity contribution in [2.75, 3.05) is 0 Å². The van der Waals surface area contributed by atoms with Gasteiger partial charge in [-0.25, -0.2) is 4.39 Å². The van der Waals surface area contributed by atoms with Gasteiger partial charge in [0.15, 0.2) is 0 Å². The number of amides is 1. The molecule has 4 heteroatoms. The van der Waals surface area contributed by atoms with Crippen molar-refractivity contribution in [2.45, 2.75) is 38.3 Å². The summed E-state index contributed by atoms with van der Waals surface area (Å²) in [5, 5.41) is 0. The van der Waals surface area contributed by atoms with Crippen LogP contribution in [0.4, 0.5) is 4.39 Å². The van der Waals surface area contributed by atoms with Crippen molar-refractivity contribution in [3.05, 3.63) is 83.9 Å². The van der Waals surface area contributed by atoms with Crippen molar-refractivity contribution < 1.29 is 13.6 Å². The van der Waals surface area contributed by atoms with E-state index in [9.17, 15) is 9.18 Å². The van der Waals surface area contributed by atoms with Crippen LogP contribution in [-0.2, 0) is 17.8 Å². The lowest BCUT2D eigenvalue weighted by atomic mass is 10.1. The van der Waals surface area contributed by atoms with Gasteiger partial charge < -0.3 is 9.32 Å². The quantitative estimate of drug-likeness (QED) is 0.577. The Balaban J connectivity index is 1.37. The van der Waals surface area contributed by atoms with E-state index in [0.29, 0.717) is 25.4 Å². The second-order valence-electron chi connectivity index (χ2n) is 7.01. The predicted molar refractivity (Wildman–Crippen MR) is 102 cm³/mol. The molecule has 0 aliphatic heterocycles. The molecule has 27 heavy (non-hydrogen) atoms. The Hall–Kier alpha value is -2.88. The Morgan fingerprint density at radius 1 is 1.00 bits per heavy atom. The maximum Gasteiger partial charge on any atom is 0.223 e. The average Bonchev–Trinajstić information content (AvgIpc) is 3.43. The molecule has 0 unspecified atom stereocenters. The van der Waals surface area contributed by atoms with Gasteiger partial charge in [0.05, 0.1) is 0 Å². The lowest BCUT2D eigenvalue weighted by molar-refractivity contribution is -0.132. The average molecular weight is 363 g/mol. The summed E-state index contributed by atoms with van der Waals surface area (Å²) in [5.74, 6) is 1.51. The second kappa shape index (κ2) is 7.78. The molecule has 0 radical (unpaired) electrons. The van der Waals surface area contributed by atoms with Crippen LogP contribution in [0.25, 0.3) is 11.3 Å². The monoisotopic (exact) mass is 363 g/mol. The molecule has 1 saturated carbocycles. The smallest absolute Gasteiger partial charge is 0.223 e. The van der Waals surface area contributed by atoms with Crippen LogP contribution >= 0.6 is 0 Å². The molecule has 0 atom stereocenters. The van der Waals surface area contributed by atoms with Crippen LogP contribution in [0.2, 0.25) is 0 Å². The van der Waals surface area contributed by atoms with E-state index in [1.807, 2.05) is 47.4 Å². The van der Waals surface area contributed by atoms with E-state index in [0.717, 1.165) is 35.5 Å². The highest BCUT2D eigenvalue weighted by Gasteiger charge is 2.32. The molecule has 3 aromatic rings. The van der Waals surface area contributed by atoms with Gasteiger partial charge in [0, 0.05) is 31.0 Å². The van der Waals surface area contributed by atoms with Gasteiger partial charge >= 0.3 is 0 Å². The topological polar surface area (TPSA) is 33.5 Å². The number of rotatable bonds is 7. The first-order valence-corrected chi connectivity index (χ1v) is 9.37. The van der Waals surface area contributed by atoms with E-state index in [-0.39, 0.29) is 11.7 Å². The predicted octanol–water partition coefficient (Wildman–Crippen LogP) is 5.21. The first-order valence-electron chi connectivity index (χ1n) is 9.37. The number of halogens is 1. The van der Waals surface area contributed by atoms with E-state index >= 15 is 0 Å². The molecule has 4 rings (SSSR count). The van der Waals surface area contributed by atoms with Crippen LogP contribution < -0.4 is 0 Å². The molecule has 1 aliphatic rings. The fourth-order valence-electron chi connectivity index (χ4n) is 3.24. The summed E-state index contributed by atoms with van der Waals surface area (Å²) < 4.78 is 19.0. The van der Waals surface area contributed by atoms with Gasteiger partial charge in [0.25, 0.3) is 0 Å². The van der Waals surface area contributed by atoms with Crippen LogP contribution in [0.1, 0.15) is 30.6 Å². The van der Waals surface area contributed by atoms with Crippen LogP contribution in [0.3, 0.4) is 0 Å². The Morgan fingerprint density at radius 2 is 1.74 bits per heavy atom. The summed E-state index contributed by atoms with van der Waals surface area (Å²) >= 11 is 0. The Kier molecular flexibility index (Phi) is 5.05. The van der Waals surface area contributed by atoms with Crippen molar-refractivity contribution in [3.8, 4) is 11.3 Å². The first-order chi connectivity index (χ1) is 13.2. The zero-order chi connectivity index (χ0) is 18.6. The highest BCUT2D eigenvalue weighted by Crippen LogP contribution is 2.29. The molecule has 0 spiro atoms. The van der Waals surface area contributed by atoms with Crippen molar-refractivity contribution in [3.63, 3.8) is 0 Å². The number of carbonyl (C=O) groups is 1. The highest BCUT2D eigenvalue weighted by molar-refractivity contribution is 5.77. The zero-order valence-corrected chi connectivity index (χ0v) is 15.1. The maximum atomic E-state index is 13.1. The Morgan fingerprint density at radius 3 is 2.44 bits per heavy atom. The minimum Gasteiger partial charge on any atom is -0.461 e. The third kappa shape index (κ3) is 4.45. The number of hydrogen-bond acceptors (Lipinski definition) is 2. The van der Waals surface area contributed by atoms with E-state index in [2.05, 4.69) is 0 Å². The molecule has 138 valence electrons. The Bertz CT molecular complexity index is 898. The molecule has 0 saturated heterocycles. The third-order valence-electron chi connectivity index (χ3n) is 4.88. The standard InChI is InChI=1S/C23H22FNO2/c24-19-8-6-17(7-9-19)16-25(20-10-11-20)23(26)15-13-21-12-14-22(27-21)18-4-2-1-3-5-18/h1-9,12,14,20H,10-11,13,15-16H2. The molecule has 1 aromatic heterocycles. The fraction of sp³-hybridized carbons (Fsp3) is 0.261. The van der Waals surface area contributed by atoms with Gasteiger partial charge in [-0.2, -0.15) is 0 Å². The second-order valence-corrected chi connectivity index (χ2v) is 7.01. The summed E-state index contributed by atoms with van der Waals surface area (Å²) in [5.41, 5.74) is 1.99. The van der Waals surface area contributed by atoms with Crippen molar-refractivity contribution in [1.82, 2.24) is 4.90 Å². The molecule has 2 aromatic carbocycles. The Labute approximate surface area is 158 Å². The molecule has 3 nitrogen and oxygen atoms in total. The van der Waals surface area contributed by atoms with Gasteiger partial charge in [0.2, 0.25) is 5.91 Å². The van der Waals surface area contributed by atoms with Crippen LogP contribution in [0.5, 0.6) is 0 Å². The largest absolute Gasteiger partial charge is 0.461 e. The summed E-state index contributed by atoms with van der Waals surface area (Å²) in [6, 6.07) is 20.5. The van der Waals surface area contributed by atoms with Crippen molar-refractivity contribution in [1.29, 1.82) is 0 Å². The lowest BCUT2D eigenvalue weighted by Crippen LogP contribution is -2.32. The SMILES string of the molecule is O=C(CCc1ccc(-c2ccccc2)o1)N(Cc1ccc(F)cc1)C1CC1. The molecular weight excluding hydrogens is 341 g/mol. The van der Waals surface area contributed by atoms with E-state index in [1.54, 1.807) is 12.1 Å². The van der Waals surface area contributed by atoms with Crippen LogP contribution in [0, 0.1) is 5.82 Å². The fourth-order valence-corrected chi connectivity index (χ4v) is 3.24. The minimum atomic E-state index is -0.255. The number of benzene rings is 2. The van der Waals surface area contributed by atoms with Gasteiger partial charge in [-0.05, 0) is 42.7 Å². The zero-order valence-electron chi connectivity index (χ0n) is 15.1. The van der Waals surface area contributed by atoms with Crippen LogP contribution in [0.15, 0.2) is 71.1 Å². The molecule has 0 bridgehead atoms. The normalized spacial score (nSPS) is 13.5. The van der Waals surface area contributed by atoms with Gasteiger partial charge in [-0.3, -0.25) is 4.79 Å². The highest BCUT2D eigenvalue weighted by atomic mass is 19.1. The van der Waals surface area contributed by atoms with Gasteiger partial charge in [-0.15, -0.1) is 0 Å². The molecule has 1 aliphatic carbocycles. The van der Waals surface area contributed by atoms with Gasteiger partial charge in [0.1, 0.15) is 17.3 Å². The first kappa shape index (κ1) is 17.5. The lowest BCUT2D eigenvalue weighted by Gasteiger charge is -2.22. The van der Waals surface area contributed by atoms with E-state index < -0.39 is 0 Å². The molecule has 1 fully saturated rings. The summed E-state index contributed by atoms with van der Waals surface area (Å²) in [6.45, 7) is 0.539. The number of nitrogens with zero attached hydrogens (tertiary/aromatic N) is 1. The number of hydrogen-bond donors (Lipinski definition) is 0. The number of furan rings is 1. The van der Waals surface area contributed by atoms with Crippen molar-refractivity contribution in [2.24, 2.45) is 0 Å². The molecule has 0 N–H and O–H groups in total. The number of carbonyl (C=O) groups excluding carboxylic acids is 1. The van der Waals surface area contributed by atoms with E-state index in [1.165, 1.54) is 12.1 Å². The summed E-state index contributed by atoms with van der Waals surface area (Å²) in [6.07, 6.45) is 3.09. The minimum absolute atomic E-state index is 0.125. The van der Waals surface area contributed by atoms with Gasteiger partial charge in [-0.1, -0.05) is 42.5 Å². The maximum absolute atomic E-state index is 13.1. The third-order valence-corrected chi connectivity index (χ3v) is 4.88. The molecule has 1 heterocycles. The molecular formula is C23H22FNO2. The summed E-state index contributed by atoms with van der Waals surface area (Å²) in [4.78, 5) is 14.7.